The van der Waals surface area contributed by atoms with Crippen molar-refractivity contribution in [3.05, 3.63) is 18.3 Å². The zero-order valence-corrected chi connectivity index (χ0v) is 10.4. The molecule has 1 heterocycles. The van der Waals surface area contributed by atoms with Crippen LogP contribution < -0.4 is 10.6 Å². The lowest BCUT2D eigenvalue weighted by atomic mass is 10.2. The van der Waals surface area contributed by atoms with E-state index in [9.17, 15) is 0 Å². The van der Waals surface area contributed by atoms with Gasteiger partial charge in [-0.15, -0.1) is 0 Å². The van der Waals surface area contributed by atoms with E-state index in [4.69, 9.17) is 5.73 Å². The Balaban J connectivity index is 2.62. The average molecular weight is 225 g/mol. The minimum Gasteiger partial charge on any atom is -0.399 e. The lowest BCUT2D eigenvalue weighted by Crippen LogP contribution is -2.30. The molecule has 0 bridgehead atoms. The topological polar surface area (TPSA) is 42.1 Å². The normalized spacial score (nSPS) is 12.5. The van der Waals surface area contributed by atoms with E-state index in [0.29, 0.717) is 6.04 Å². The van der Waals surface area contributed by atoms with Gasteiger partial charge in [0.15, 0.2) is 0 Å². The number of hydrogen-bond acceptors (Lipinski definition) is 4. The maximum absolute atomic E-state index is 5.73. The van der Waals surface area contributed by atoms with E-state index < -0.39 is 0 Å². The summed E-state index contributed by atoms with van der Waals surface area (Å²) < 4.78 is 0. The fourth-order valence-electron chi connectivity index (χ4n) is 1.33. The van der Waals surface area contributed by atoms with Crippen molar-refractivity contribution in [1.29, 1.82) is 0 Å². The van der Waals surface area contributed by atoms with Gasteiger partial charge >= 0.3 is 0 Å². The van der Waals surface area contributed by atoms with E-state index in [-0.39, 0.29) is 0 Å². The molecule has 15 heavy (non-hydrogen) atoms. The standard InChI is InChI=1S/C11H19N3S/c1-9(5-7-15-3)14(2)11-8-10(12)4-6-13-11/h4,6,8-9H,5,7H2,1-3H3,(H2,12,13). The SMILES string of the molecule is CSCCC(C)N(C)c1cc(N)ccn1. The minimum absolute atomic E-state index is 0.492. The number of anilines is 2. The quantitative estimate of drug-likeness (QED) is 0.834. The van der Waals surface area contributed by atoms with Gasteiger partial charge in [0.2, 0.25) is 0 Å². The minimum atomic E-state index is 0.492. The van der Waals surface area contributed by atoms with E-state index in [1.54, 1.807) is 6.20 Å². The zero-order valence-electron chi connectivity index (χ0n) is 9.60. The van der Waals surface area contributed by atoms with Gasteiger partial charge < -0.3 is 10.6 Å². The molecular weight excluding hydrogens is 206 g/mol. The van der Waals surface area contributed by atoms with Crippen molar-refractivity contribution in [2.45, 2.75) is 19.4 Å². The van der Waals surface area contributed by atoms with Crippen molar-refractivity contribution in [3.63, 3.8) is 0 Å². The van der Waals surface area contributed by atoms with Crippen LogP contribution in [0.2, 0.25) is 0 Å². The summed E-state index contributed by atoms with van der Waals surface area (Å²) in [6, 6.07) is 4.21. The van der Waals surface area contributed by atoms with Crippen LogP contribution in [0.3, 0.4) is 0 Å². The second kappa shape index (κ2) is 5.85. The lowest BCUT2D eigenvalue weighted by molar-refractivity contribution is 0.662. The van der Waals surface area contributed by atoms with E-state index in [2.05, 4.69) is 30.1 Å². The fourth-order valence-corrected chi connectivity index (χ4v) is 1.91. The lowest BCUT2D eigenvalue weighted by Gasteiger charge is -2.25. The van der Waals surface area contributed by atoms with Crippen molar-refractivity contribution in [3.8, 4) is 0 Å². The van der Waals surface area contributed by atoms with Crippen LogP contribution in [0, 0.1) is 0 Å². The Hall–Kier alpha value is -0.900. The molecule has 3 nitrogen and oxygen atoms in total. The van der Waals surface area contributed by atoms with Crippen LogP contribution in [0.15, 0.2) is 18.3 Å². The highest BCUT2D eigenvalue weighted by molar-refractivity contribution is 7.98. The molecule has 0 saturated heterocycles. The number of nitrogen functional groups attached to an aromatic ring is 1. The molecule has 0 aliphatic rings. The van der Waals surface area contributed by atoms with Crippen molar-refractivity contribution in [1.82, 2.24) is 4.98 Å². The number of nitrogens with two attached hydrogens (primary N) is 1. The largest absolute Gasteiger partial charge is 0.399 e. The highest BCUT2D eigenvalue weighted by Gasteiger charge is 2.10. The predicted octanol–water partition coefficient (Wildman–Crippen LogP) is 2.24. The molecule has 0 saturated carbocycles. The molecule has 0 aliphatic carbocycles. The summed E-state index contributed by atoms with van der Waals surface area (Å²) in [6.07, 6.45) is 5.04. The summed E-state index contributed by atoms with van der Waals surface area (Å²) in [6.45, 7) is 2.21. The molecule has 0 amide bonds. The molecule has 1 aromatic rings. The van der Waals surface area contributed by atoms with Crippen LogP contribution in [0.25, 0.3) is 0 Å². The molecular formula is C11H19N3S. The Morgan fingerprint density at radius 1 is 1.60 bits per heavy atom. The first kappa shape index (κ1) is 12.2. The van der Waals surface area contributed by atoms with Gasteiger partial charge in [0.1, 0.15) is 5.82 Å². The van der Waals surface area contributed by atoms with Gasteiger partial charge in [-0.05, 0) is 31.4 Å². The third kappa shape index (κ3) is 3.63. The smallest absolute Gasteiger partial charge is 0.130 e. The summed E-state index contributed by atoms with van der Waals surface area (Å²) in [7, 11) is 2.06. The molecule has 0 aromatic carbocycles. The summed E-state index contributed by atoms with van der Waals surface area (Å²) >= 11 is 1.87. The number of aromatic nitrogens is 1. The highest BCUT2D eigenvalue weighted by atomic mass is 32.2. The number of thioether (sulfide) groups is 1. The van der Waals surface area contributed by atoms with Crippen LogP contribution >= 0.6 is 11.8 Å². The molecule has 84 valence electrons. The molecule has 4 heteroatoms. The average Bonchev–Trinajstić information content (AvgIpc) is 2.24. The van der Waals surface area contributed by atoms with Crippen LogP contribution in [0.1, 0.15) is 13.3 Å². The summed E-state index contributed by atoms with van der Waals surface area (Å²) in [5.41, 5.74) is 6.49. The Morgan fingerprint density at radius 2 is 2.33 bits per heavy atom. The summed E-state index contributed by atoms with van der Waals surface area (Å²) in [5.74, 6) is 2.12. The molecule has 2 N–H and O–H groups in total. The van der Waals surface area contributed by atoms with Crippen molar-refractivity contribution in [2.75, 3.05) is 29.7 Å². The van der Waals surface area contributed by atoms with Gasteiger partial charge in [-0.3, -0.25) is 0 Å². The van der Waals surface area contributed by atoms with Crippen LogP contribution in [0.4, 0.5) is 11.5 Å². The highest BCUT2D eigenvalue weighted by Crippen LogP contribution is 2.16. The second-order valence-corrected chi connectivity index (χ2v) is 4.67. The molecule has 1 aromatic heterocycles. The molecule has 0 fully saturated rings. The molecule has 0 radical (unpaired) electrons. The summed E-state index contributed by atoms with van der Waals surface area (Å²) in [4.78, 5) is 6.48. The first-order valence-electron chi connectivity index (χ1n) is 5.08. The first-order chi connectivity index (χ1) is 7.15. The second-order valence-electron chi connectivity index (χ2n) is 3.69. The first-order valence-corrected chi connectivity index (χ1v) is 6.48. The van der Waals surface area contributed by atoms with Gasteiger partial charge in [0, 0.05) is 31.0 Å². The summed E-state index contributed by atoms with van der Waals surface area (Å²) in [5, 5.41) is 0. The van der Waals surface area contributed by atoms with E-state index >= 15 is 0 Å². The number of hydrogen-bond donors (Lipinski definition) is 1. The zero-order chi connectivity index (χ0) is 11.3. The third-order valence-electron chi connectivity index (χ3n) is 2.53. The van der Waals surface area contributed by atoms with Crippen LogP contribution in [-0.2, 0) is 0 Å². The van der Waals surface area contributed by atoms with Gasteiger partial charge in [0.25, 0.3) is 0 Å². The van der Waals surface area contributed by atoms with Gasteiger partial charge in [0.05, 0.1) is 0 Å². The number of rotatable bonds is 5. The van der Waals surface area contributed by atoms with E-state index in [0.717, 1.165) is 17.9 Å². The maximum atomic E-state index is 5.73. The molecule has 0 spiro atoms. The molecule has 1 rings (SSSR count). The monoisotopic (exact) mass is 225 g/mol. The number of pyridine rings is 1. The Kier molecular flexibility index (Phi) is 4.75. The fraction of sp³-hybridized carbons (Fsp3) is 0.545. The molecule has 1 atom stereocenters. The van der Waals surface area contributed by atoms with Gasteiger partial charge in [-0.2, -0.15) is 11.8 Å². The Bertz CT molecular complexity index is 304. The van der Waals surface area contributed by atoms with Crippen LogP contribution in [0.5, 0.6) is 0 Å². The molecule has 0 aliphatic heterocycles. The van der Waals surface area contributed by atoms with Gasteiger partial charge in [-0.25, -0.2) is 4.98 Å². The molecule has 1 unspecified atom stereocenters. The Labute approximate surface area is 96.1 Å². The van der Waals surface area contributed by atoms with E-state index in [1.807, 2.05) is 23.9 Å². The maximum Gasteiger partial charge on any atom is 0.130 e. The van der Waals surface area contributed by atoms with Crippen LogP contribution in [-0.4, -0.2) is 30.1 Å². The Morgan fingerprint density at radius 3 is 2.93 bits per heavy atom. The van der Waals surface area contributed by atoms with Gasteiger partial charge in [-0.1, -0.05) is 0 Å². The third-order valence-corrected chi connectivity index (χ3v) is 3.18. The predicted molar refractivity (Wildman–Crippen MR) is 69.5 cm³/mol. The van der Waals surface area contributed by atoms with Crippen molar-refractivity contribution >= 4 is 23.3 Å². The van der Waals surface area contributed by atoms with Crippen molar-refractivity contribution < 1.29 is 0 Å². The van der Waals surface area contributed by atoms with Crippen molar-refractivity contribution in [2.24, 2.45) is 0 Å². The van der Waals surface area contributed by atoms with E-state index in [1.165, 1.54) is 5.75 Å². The number of nitrogens with zero attached hydrogens (tertiary/aromatic N) is 2.